The molecule has 1 aliphatic heterocycles. The zero-order valence-electron chi connectivity index (χ0n) is 15.7. The van der Waals surface area contributed by atoms with Gasteiger partial charge in [0.2, 0.25) is 5.88 Å². The van der Waals surface area contributed by atoms with Crippen LogP contribution in [0.2, 0.25) is 0 Å². The standard InChI is InChI=1S/C19H21N5O3S/c1-13-3-4-15(27-17-11-14(26-2)5-7-20-17)12-23(13)18(25)16-6-10-28-19(16)24-21-8-9-22-24/h5-11,13,15H,3-4,12H2,1-2H3/t13-,15-/m1/s1. The molecule has 0 unspecified atom stereocenters. The summed E-state index contributed by atoms with van der Waals surface area (Å²) in [5.74, 6) is 1.16. The summed E-state index contributed by atoms with van der Waals surface area (Å²) in [7, 11) is 1.61. The minimum atomic E-state index is -0.121. The highest BCUT2D eigenvalue weighted by Crippen LogP contribution is 2.27. The topological polar surface area (TPSA) is 82.4 Å². The number of amides is 1. The van der Waals surface area contributed by atoms with Crippen molar-refractivity contribution in [3.8, 4) is 16.6 Å². The first-order chi connectivity index (χ1) is 13.7. The van der Waals surface area contributed by atoms with Gasteiger partial charge >= 0.3 is 0 Å². The van der Waals surface area contributed by atoms with E-state index in [4.69, 9.17) is 9.47 Å². The molecule has 0 aliphatic carbocycles. The number of piperidine rings is 1. The van der Waals surface area contributed by atoms with Gasteiger partial charge in [0.1, 0.15) is 11.9 Å². The van der Waals surface area contributed by atoms with Crippen LogP contribution in [0.4, 0.5) is 0 Å². The van der Waals surface area contributed by atoms with Crippen LogP contribution in [0.1, 0.15) is 30.1 Å². The van der Waals surface area contributed by atoms with Crippen molar-refractivity contribution in [2.45, 2.75) is 31.9 Å². The Bertz CT molecular complexity index is 943. The summed E-state index contributed by atoms with van der Waals surface area (Å²) in [6.45, 7) is 2.57. The van der Waals surface area contributed by atoms with Crippen LogP contribution in [0.5, 0.6) is 11.6 Å². The number of carbonyl (C=O) groups excluding carboxylic acids is 1. The van der Waals surface area contributed by atoms with Crippen molar-refractivity contribution in [3.05, 3.63) is 47.7 Å². The van der Waals surface area contributed by atoms with Gasteiger partial charge in [0.05, 0.1) is 31.6 Å². The number of nitrogens with zero attached hydrogens (tertiary/aromatic N) is 5. The zero-order valence-corrected chi connectivity index (χ0v) is 16.5. The van der Waals surface area contributed by atoms with Gasteiger partial charge in [-0.1, -0.05) is 0 Å². The molecule has 3 aromatic rings. The fraction of sp³-hybridized carbons (Fsp3) is 0.368. The highest BCUT2D eigenvalue weighted by atomic mass is 32.1. The third kappa shape index (κ3) is 3.70. The maximum Gasteiger partial charge on any atom is 0.257 e. The molecule has 1 saturated heterocycles. The highest BCUT2D eigenvalue weighted by Gasteiger charge is 2.32. The van der Waals surface area contributed by atoms with Gasteiger partial charge in [-0.3, -0.25) is 4.79 Å². The lowest BCUT2D eigenvalue weighted by molar-refractivity contribution is 0.0372. The van der Waals surface area contributed by atoms with Gasteiger partial charge in [0, 0.05) is 18.3 Å². The van der Waals surface area contributed by atoms with Crippen molar-refractivity contribution in [3.63, 3.8) is 0 Å². The second-order valence-electron chi connectivity index (χ2n) is 6.62. The van der Waals surface area contributed by atoms with Crippen LogP contribution in [0.3, 0.4) is 0 Å². The lowest BCUT2D eigenvalue weighted by Crippen LogP contribution is -2.49. The summed E-state index contributed by atoms with van der Waals surface area (Å²) in [5, 5.41) is 10.9. The summed E-state index contributed by atoms with van der Waals surface area (Å²) in [6.07, 6.45) is 6.45. The second kappa shape index (κ2) is 7.97. The van der Waals surface area contributed by atoms with Crippen molar-refractivity contribution < 1.29 is 14.3 Å². The molecule has 1 aliphatic rings. The Kier molecular flexibility index (Phi) is 5.25. The summed E-state index contributed by atoms with van der Waals surface area (Å²) in [6, 6.07) is 5.48. The minimum absolute atomic E-state index is 0.0343. The van der Waals surface area contributed by atoms with E-state index in [1.54, 1.807) is 37.8 Å². The number of rotatable bonds is 5. The molecule has 0 radical (unpaired) electrons. The monoisotopic (exact) mass is 399 g/mol. The van der Waals surface area contributed by atoms with Crippen LogP contribution in [0.25, 0.3) is 5.00 Å². The molecule has 0 N–H and O–H groups in total. The van der Waals surface area contributed by atoms with Gasteiger partial charge in [-0.15, -0.1) is 16.1 Å². The molecule has 2 atom stereocenters. The predicted octanol–water partition coefficient (Wildman–Crippen LogP) is 2.80. The quantitative estimate of drug-likeness (QED) is 0.656. The molecule has 0 bridgehead atoms. The summed E-state index contributed by atoms with van der Waals surface area (Å²) in [4.78, 5) is 20.9. The van der Waals surface area contributed by atoms with Crippen molar-refractivity contribution >= 4 is 17.2 Å². The number of likely N-dealkylation sites (tertiary alicyclic amines) is 1. The van der Waals surface area contributed by atoms with Gasteiger partial charge in [-0.05, 0) is 37.3 Å². The molecule has 1 fully saturated rings. The van der Waals surface area contributed by atoms with Crippen molar-refractivity contribution in [1.29, 1.82) is 0 Å². The van der Waals surface area contributed by atoms with E-state index in [2.05, 4.69) is 22.1 Å². The average Bonchev–Trinajstić information content (AvgIpc) is 3.40. The van der Waals surface area contributed by atoms with Gasteiger partial charge in [0.25, 0.3) is 5.91 Å². The van der Waals surface area contributed by atoms with E-state index in [1.165, 1.54) is 16.1 Å². The van der Waals surface area contributed by atoms with E-state index in [0.717, 1.165) is 17.8 Å². The van der Waals surface area contributed by atoms with E-state index >= 15 is 0 Å². The van der Waals surface area contributed by atoms with Crippen LogP contribution >= 0.6 is 11.3 Å². The van der Waals surface area contributed by atoms with Crippen LogP contribution in [0.15, 0.2) is 42.2 Å². The molecular weight excluding hydrogens is 378 g/mol. The highest BCUT2D eigenvalue weighted by molar-refractivity contribution is 7.12. The van der Waals surface area contributed by atoms with Crippen LogP contribution < -0.4 is 9.47 Å². The summed E-state index contributed by atoms with van der Waals surface area (Å²) in [5.41, 5.74) is 0.605. The van der Waals surface area contributed by atoms with Crippen molar-refractivity contribution in [2.24, 2.45) is 0 Å². The number of hydrogen-bond acceptors (Lipinski definition) is 7. The molecule has 0 spiro atoms. The molecular formula is C19H21N5O3S. The third-order valence-electron chi connectivity index (χ3n) is 4.80. The molecule has 146 valence electrons. The first kappa shape index (κ1) is 18.4. The zero-order chi connectivity index (χ0) is 19.5. The lowest BCUT2D eigenvalue weighted by atomic mass is 10.0. The number of thiophene rings is 1. The number of ether oxygens (including phenoxy) is 2. The number of carbonyl (C=O) groups is 1. The van der Waals surface area contributed by atoms with Crippen molar-refractivity contribution in [1.82, 2.24) is 24.9 Å². The van der Waals surface area contributed by atoms with Gasteiger partial charge in [-0.2, -0.15) is 10.2 Å². The first-order valence-electron chi connectivity index (χ1n) is 9.07. The molecule has 3 aromatic heterocycles. The molecule has 0 aromatic carbocycles. The maximum absolute atomic E-state index is 13.3. The molecule has 4 heterocycles. The van der Waals surface area contributed by atoms with E-state index in [1.807, 2.05) is 16.3 Å². The number of hydrogen-bond donors (Lipinski definition) is 0. The smallest absolute Gasteiger partial charge is 0.257 e. The largest absolute Gasteiger partial charge is 0.497 e. The van der Waals surface area contributed by atoms with Crippen molar-refractivity contribution in [2.75, 3.05) is 13.7 Å². The first-order valence-corrected chi connectivity index (χ1v) is 9.95. The third-order valence-corrected chi connectivity index (χ3v) is 5.68. The maximum atomic E-state index is 13.3. The molecule has 28 heavy (non-hydrogen) atoms. The second-order valence-corrected chi connectivity index (χ2v) is 7.51. The Labute approximate surface area is 166 Å². The minimum Gasteiger partial charge on any atom is -0.497 e. The van der Waals surface area contributed by atoms with Gasteiger partial charge in [0.15, 0.2) is 5.00 Å². The Hall–Kier alpha value is -2.94. The summed E-state index contributed by atoms with van der Waals surface area (Å²) < 4.78 is 11.3. The number of methoxy groups -OCH3 is 1. The molecule has 9 heteroatoms. The molecule has 4 rings (SSSR count). The van der Waals surface area contributed by atoms with Crippen LogP contribution in [-0.4, -0.2) is 56.6 Å². The van der Waals surface area contributed by atoms with Crippen LogP contribution in [0, 0.1) is 0 Å². The SMILES string of the molecule is COc1ccnc(O[C@@H]2CC[C@@H](C)N(C(=O)c3ccsc3-n3nccn3)C2)c1. The predicted molar refractivity (Wildman–Crippen MR) is 104 cm³/mol. The number of aromatic nitrogens is 4. The lowest BCUT2D eigenvalue weighted by Gasteiger charge is -2.37. The van der Waals surface area contributed by atoms with E-state index in [-0.39, 0.29) is 18.1 Å². The Morgan fingerprint density at radius 3 is 2.82 bits per heavy atom. The van der Waals surface area contributed by atoms with E-state index in [9.17, 15) is 4.79 Å². The fourth-order valence-electron chi connectivity index (χ4n) is 3.30. The molecule has 8 nitrogen and oxygen atoms in total. The molecule has 1 amide bonds. The Balaban J connectivity index is 1.51. The Morgan fingerprint density at radius 1 is 1.21 bits per heavy atom. The Morgan fingerprint density at radius 2 is 2.04 bits per heavy atom. The van der Waals surface area contributed by atoms with Gasteiger partial charge in [-0.25, -0.2) is 4.98 Å². The van der Waals surface area contributed by atoms with Gasteiger partial charge < -0.3 is 14.4 Å². The number of pyridine rings is 1. The van der Waals surface area contributed by atoms with Crippen LogP contribution in [-0.2, 0) is 0 Å². The van der Waals surface area contributed by atoms with E-state index in [0.29, 0.717) is 23.7 Å². The van der Waals surface area contributed by atoms with E-state index < -0.39 is 0 Å². The fourth-order valence-corrected chi connectivity index (χ4v) is 4.10. The summed E-state index contributed by atoms with van der Waals surface area (Å²) >= 11 is 1.44. The normalized spacial score (nSPS) is 19.4. The molecule has 0 saturated carbocycles. The average molecular weight is 399 g/mol.